The van der Waals surface area contributed by atoms with Crippen LogP contribution in [0.2, 0.25) is 5.02 Å². The highest BCUT2D eigenvalue weighted by Crippen LogP contribution is 2.32. The Morgan fingerprint density at radius 3 is 2.94 bits per heavy atom. The van der Waals surface area contributed by atoms with Crippen molar-refractivity contribution in [3.8, 4) is 11.3 Å². The van der Waals surface area contributed by atoms with Crippen molar-refractivity contribution in [1.82, 2.24) is 20.0 Å². The molecule has 0 amide bonds. The molecule has 2 heterocycles. The fraction of sp³-hybridized carbons (Fsp3) is 0.0909. The number of halogens is 2. The number of nitrogens with one attached hydrogen (secondary N) is 1. The molecule has 0 saturated heterocycles. The Kier molecular flexibility index (Phi) is 2.45. The lowest BCUT2D eigenvalue weighted by atomic mass is 10.1. The minimum atomic E-state index is 0.650. The Bertz CT molecular complexity index is 701. The second-order valence-corrected chi connectivity index (χ2v) is 5.11. The maximum Gasteiger partial charge on any atom is 0.103 e. The number of H-pyrrole nitrogens is 1. The molecule has 0 fully saturated rings. The van der Waals surface area contributed by atoms with Crippen LogP contribution >= 0.6 is 27.5 Å². The molecule has 2 aromatic heterocycles. The third-order valence-corrected chi connectivity index (χ3v) is 3.32. The van der Waals surface area contributed by atoms with Crippen LogP contribution in [0, 0.1) is 0 Å². The first-order chi connectivity index (χ1) is 8.15. The number of aromatic nitrogens is 4. The monoisotopic (exact) mass is 310 g/mol. The molecule has 17 heavy (non-hydrogen) atoms. The maximum absolute atomic E-state index is 6.15. The molecule has 3 aromatic rings. The van der Waals surface area contributed by atoms with Gasteiger partial charge >= 0.3 is 0 Å². The van der Waals surface area contributed by atoms with Crippen LogP contribution in [0.25, 0.3) is 22.2 Å². The van der Waals surface area contributed by atoms with E-state index in [9.17, 15) is 0 Å². The number of rotatable bonds is 1. The Hall–Kier alpha value is -1.33. The highest BCUT2D eigenvalue weighted by molar-refractivity contribution is 9.10. The van der Waals surface area contributed by atoms with Crippen molar-refractivity contribution >= 4 is 38.4 Å². The van der Waals surface area contributed by atoms with Gasteiger partial charge in [0.05, 0.1) is 16.7 Å². The summed E-state index contributed by atoms with van der Waals surface area (Å²) in [6, 6.07) is 3.84. The molecule has 0 saturated carbocycles. The summed E-state index contributed by atoms with van der Waals surface area (Å²) in [5.41, 5.74) is 2.66. The molecule has 0 aliphatic heterocycles. The van der Waals surface area contributed by atoms with Crippen molar-refractivity contribution in [2.45, 2.75) is 0 Å². The fourth-order valence-electron chi connectivity index (χ4n) is 1.81. The predicted octanol–water partition coefficient (Wildman–Crippen LogP) is 3.38. The van der Waals surface area contributed by atoms with Crippen molar-refractivity contribution in [3.63, 3.8) is 0 Å². The number of fused-ring (bicyclic) bond motifs is 1. The van der Waals surface area contributed by atoms with E-state index in [4.69, 9.17) is 11.6 Å². The topological polar surface area (TPSA) is 46.5 Å². The average molecular weight is 312 g/mol. The van der Waals surface area contributed by atoms with E-state index in [0.29, 0.717) is 5.02 Å². The Balaban J connectivity index is 2.31. The van der Waals surface area contributed by atoms with Gasteiger partial charge in [0, 0.05) is 28.7 Å². The van der Waals surface area contributed by atoms with Crippen molar-refractivity contribution in [2.75, 3.05) is 0 Å². The number of aromatic amines is 1. The summed E-state index contributed by atoms with van der Waals surface area (Å²) in [6.45, 7) is 0. The van der Waals surface area contributed by atoms with Gasteiger partial charge in [0.15, 0.2) is 0 Å². The van der Waals surface area contributed by atoms with Crippen LogP contribution in [0.15, 0.2) is 29.0 Å². The van der Waals surface area contributed by atoms with Crippen molar-refractivity contribution in [3.05, 3.63) is 34.0 Å². The van der Waals surface area contributed by atoms with Gasteiger partial charge in [-0.3, -0.25) is 9.78 Å². The van der Waals surface area contributed by atoms with Gasteiger partial charge in [-0.2, -0.15) is 10.2 Å². The van der Waals surface area contributed by atoms with Crippen LogP contribution in [0.3, 0.4) is 0 Å². The molecular weight excluding hydrogens is 304 g/mol. The quantitative estimate of drug-likeness (QED) is 0.749. The molecule has 1 N–H and O–H groups in total. The summed E-state index contributed by atoms with van der Waals surface area (Å²) in [7, 11) is 1.88. The first-order valence-electron chi connectivity index (χ1n) is 4.97. The number of hydrogen-bond donors (Lipinski definition) is 1. The van der Waals surface area contributed by atoms with Gasteiger partial charge in [-0.25, -0.2) is 0 Å². The van der Waals surface area contributed by atoms with Gasteiger partial charge < -0.3 is 0 Å². The lowest BCUT2D eigenvalue weighted by Crippen LogP contribution is -1.84. The largest absolute Gasteiger partial charge is 0.276 e. The van der Waals surface area contributed by atoms with E-state index in [1.54, 1.807) is 10.9 Å². The third-order valence-electron chi connectivity index (χ3n) is 2.57. The standard InChI is InChI=1S/C11H8BrClN4/c1-17-5-6(4-14-17)10-8-2-7(12)3-9(13)11(8)16-15-10/h2-5H,1H3,(H,15,16). The predicted molar refractivity (Wildman–Crippen MR) is 71.0 cm³/mol. The molecular formula is C11H8BrClN4. The van der Waals surface area contributed by atoms with Gasteiger partial charge in [-0.15, -0.1) is 0 Å². The summed E-state index contributed by atoms with van der Waals surface area (Å²) in [5, 5.41) is 13.0. The van der Waals surface area contributed by atoms with E-state index in [-0.39, 0.29) is 0 Å². The molecule has 0 aliphatic carbocycles. The second kappa shape index (κ2) is 3.85. The van der Waals surface area contributed by atoms with Gasteiger partial charge in [0.25, 0.3) is 0 Å². The molecule has 0 aliphatic rings. The highest BCUT2D eigenvalue weighted by atomic mass is 79.9. The molecule has 86 valence electrons. The average Bonchev–Trinajstić information content (AvgIpc) is 2.83. The number of nitrogens with zero attached hydrogens (tertiary/aromatic N) is 3. The molecule has 0 unspecified atom stereocenters. The molecule has 4 nitrogen and oxygen atoms in total. The van der Waals surface area contributed by atoms with Crippen LogP contribution in [-0.4, -0.2) is 20.0 Å². The molecule has 0 spiro atoms. The second-order valence-electron chi connectivity index (χ2n) is 3.79. The summed E-state index contributed by atoms with van der Waals surface area (Å²) >= 11 is 9.58. The fourth-order valence-corrected chi connectivity index (χ4v) is 2.66. The molecule has 1 aromatic carbocycles. The first kappa shape index (κ1) is 10.8. The minimum Gasteiger partial charge on any atom is -0.276 e. The smallest absolute Gasteiger partial charge is 0.103 e. The number of benzene rings is 1. The zero-order chi connectivity index (χ0) is 12.0. The summed E-state index contributed by atoms with van der Waals surface area (Å²) in [4.78, 5) is 0. The van der Waals surface area contributed by atoms with Crippen molar-refractivity contribution in [2.24, 2.45) is 7.05 Å². The minimum absolute atomic E-state index is 0.650. The normalized spacial score (nSPS) is 11.2. The maximum atomic E-state index is 6.15. The Labute approximate surface area is 111 Å². The lowest BCUT2D eigenvalue weighted by Gasteiger charge is -1.96. The molecule has 0 radical (unpaired) electrons. The zero-order valence-electron chi connectivity index (χ0n) is 8.91. The zero-order valence-corrected chi connectivity index (χ0v) is 11.2. The van der Waals surface area contributed by atoms with E-state index < -0.39 is 0 Å². The van der Waals surface area contributed by atoms with Gasteiger partial charge in [0.2, 0.25) is 0 Å². The Morgan fingerprint density at radius 2 is 2.24 bits per heavy atom. The SMILES string of the molecule is Cn1cc(-c2n[nH]c3c(Cl)cc(Br)cc23)cn1. The van der Waals surface area contributed by atoms with E-state index in [1.807, 2.05) is 25.4 Å². The summed E-state index contributed by atoms with van der Waals surface area (Å²) in [6.07, 6.45) is 3.70. The number of aryl methyl sites for hydroxylation is 1. The number of hydrogen-bond acceptors (Lipinski definition) is 2. The van der Waals surface area contributed by atoms with Gasteiger partial charge in [-0.05, 0) is 12.1 Å². The highest BCUT2D eigenvalue weighted by Gasteiger charge is 2.12. The summed E-state index contributed by atoms with van der Waals surface area (Å²) in [5.74, 6) is 0. The lowest BCUT2D eigenvalue weighted by molar-refractivity contribution is 0.768. The third kappa shape index (κ3) is 1.75. The molecule has 0 bridgehead atoms. The molecule has 6 heteroatoms. The van der Waals surface area contributed by atoms with Gasteiger partial charge in [-0.1, -0.05) is 27.5 Å². The van der Waals surface area contributed by atoms with Crippen molar-refractivity contribution < 1.29 is 0 Å². The van der Waals surface area contributed by atoms with Crippen LogP contribution in [0.1, 0.15) is 0 Å². The van der Waals surface area contributed by atoms with Crippen LogP contribution in [-0.2, 0) is 7.05 Å². The van der Waals surface area contributed by atoms with Crippen molar-refractivity contribution in [1.29, 1.82) is 0 Å². The van der Waals surface area contributed by atoms with E-state index in [1.165, 1.54) is 0 Å². The Morgan fingerprint density at radius 1 is 1.41 bits per heavy atom. The molecule has 0 atom stereocenters. The molecule has 3 rings (SSSR count). The van der Waals surface area contributed by atoms with Crippen LogP contribution in [0.4, 0.5) is 0 Å². The van der Waals surface area contributed by atoms with Gasteiger partial charge in [0.1, 0.15) is 5.69 Å². The van der Waals surface area contributed by atoms with E-state index in [2.05, 4.69) is 31.2 Å². The van der Waals surface area contributed by atoms with Crippen LogP contribution < -0.4 is 0 Å². The van der Waals surface area contributed by atoms with E-state index >= 15 is 0 Å². The first-order valence-corrected chi connectivity index (χ1v) is 6.14. The summed E-state index contributed by atoms with van der Waals surface area (Å²) < 4.78 is 2.68. The van der Waals surface area contributed by atoms with E-state index in [0.717, 1.165) is 26.6 Å². The van der Waals surface area contributed by atoms with Crippen LogP contribution in [0.5, 0.6) is 0 Å².